The average Bonchev–Trinajstić information content (AvgIpc) is 2.75. The molecule has 3 aromatic carbocycles. The van der Waals surface area contributed by atoms with Gasteiger partial charge in [0.15, 0.2) is 0 Å². The number of carbonyl (C=O) groups is 2. The maximum atomic E-state index is 14.5. The molecule has 0 aromatic heterocycles. The Labute approximate surface area is 168 Å². The molecule has 6 heteroatoms. The van der Waals surface area contributed by atoms with Gasteiger partial charge in [-0.15, -0.1) is 0 Å². The van der Waals surface area contributed by atoms with E-state index in [1.165, 1.54) is 30.2 Å². The van der Waals surface area contributed by atoms with E-state index in [2.05, 4.69) is 0 Å². The van der Waals surface area contributed by atoms with E-state index in [0.29, 0.717) is 16.9 Å². The highest BCUT2D eigenvalue weighted by molar-refractivity contribution is 5.97. The largest absolute Gasteiger partial charge is 0.497 e. The fourth-order valence-corrected chi connectivity index (χ4v) is 3.14. The van der Waals surface area contributed by atoms with Gasteiger partial charge in [0.2, 0.25) is 5.91 Å². The van der Waals surface area contributed by atoms with E-state index in [0.717, 1.165) is 0 Å². The van der Waals surface area contributed by atoms with E-state index in [9.17, 15) is 14.0 Å². The first-order valence-electron chi connectivity index (χ1n) is 9.04. The van der Waals surface area contributed by atoms with Gasteiger partial charge >= 0.3 is 0 Å². The smallest absolute Gasteiger partial charge is 0.255 e. The van der Waals surface area contributed by atoms with Gasteiger partial charge in [0.05, 0.1) is 13.7 Å². The number of benzene rings is 3. The molecule has 0 unspecified atom stereocenters. The first-order valence-corrected chi connectivity index (χ1v) is 9.04. The average molecular weight is 392 g/mol. The van der Waals surface area contributed by atoms with Crippen LogP contribution < -0.4 is 10.5 Å². The van der Waals surface area contributed by atoms with E-state index in [1.807, 2.05) is 0 Å². The topological polar surface area (TPSA) is 72.6 Å². The maximum Gasteiger partial charge on any atom is 0.255 e. The highest BCUT2D eigenvalue weighted by atomic mass is 19.1. The van der Waals surface area contributed by atoms with Crippen LogP contribution in [0.15, 0.2) is 78.9 Å². The van der Waals surface area contributed by atoms with Crippen LogP contribution in [0.1, 0.15) is 27.5 Å². The van der Waals surface area contributed by atoms with Crippen LogP contribution in [0.25, 0.3) is 0 Å². The van der Waals surface area contributed by atoms with Gasteiger partial charge in [0, 0.05) is 11.1 Å². The SMILES string of the molecule is COc1ccc(F)c(CN(C(=O)c2ccccc2)[C@@H](C(N)=O)c2ccccc2)c1. The molecule has 0 aliphatic carbocycles. The van der Waals surface area contributed by atoms with Crippen molar-refractivity contribution in [1.29, 1.82) is 0 Å². The van der Waals surface area contributed by atoms with Gasteiger partial charge in [-0.1, -0.05) is 48.5 Å². The van der Waals surface area contributed by atoms with Crippen LogP contribution in [0.3, 0.4) is 0 Å². The van der Waals surface area contributed by atoms with Crippen LogP contribution in [-0.2, 0) is 11.3 Å². The predicted octanol–water partition coefficient (Wildman–Crippen LogP) is 3.70. The standard InChI is InChI=1S/C23H21FN2O3/c1-29-19-12-13-20(24)18(14-19)15-26(23(28)17-10-6-3-7-11-17)21(22(25)27)16-8-4-2-5-9-16/h2-14,21H,15H2,1H3,(H2,25,27)/t21-/m1/s1. The van der Waals surface area contributed by atoms with Crippen molar-refractivity contribution in [3.05, 3.63) is 101 Å². The highest BCUT2D eigenvalue weighted by Crippen LogP contribution is 2.27. The Kier molecular flexibility index (Phi) is 6.24. The third-order valence-electron chi connectivity index (χ3n) is 4.57. The molecule has 0 radical (unpaired) electrons. The Morgan fingerprint density at radius 1 is 1.00 bits per heavy atom. The van der Waals surface area contributed by atoms with E-state index in [1.54, 1.807) is 60.7 Å². The summed E-state index contributed by atoms with van der Waals surface area (Å²) < 4.78 is 19.7. The minimum atomic E-state index is -1.06. The summed E-state index contributed by atoms with van der Waals surface area (Å²) >= 11 is 0. The van der Waals surface area contributed by atoms with E-state index in [-0.39, 0.29) is 12.1 Å². The minimum Gasteiger partial charge on any atom is -0.497 e. The molecule has 0 bridgehead atoms. The molecule has 5 nitrogen and oxygen atoms in total. The number of carbonyl (C=O) groups excluding carboxylic acids is 2. The van der Waals surface area contributed by atoms with Crippen LogP contribution in [0.2, 0.25) is 0 Å². The van der Waals surface area contributed by atoms with E-state index >= 15 is 0 Å². The summed E-state index contributed by atoms with van der Waals surface area (Å²) in [4.78, 5) is 27.0. The van der Waals surface area contributed by atoms with Crippen LogP contribution in [0.4, 0.5) is 4.39 Å². The number of hydrogen-bond donors (Lipinski definition) is 1. The Morgan fingerprint density at radius 2 is 1.62 bits per heavy atom. The molecule has 0 spiro atoms. The van der Waals surface area contributed by atoms with Gasteiger partial charge in [-0.2, -0.15) is 0 Å². The fourth-order valence-electron chi connectivity index (χ4n) is 3.14. The predicted molar refractivity (Wildman–Crippen MR) is 108 cm³/mol. The van der Waals surface area contributed by atoms with Gasteiger partial charge in [-0.05, 0) is 35.9 Å². The Bertz CT molecular complexity index is 994. The van der Waals surface area contributed by atoms with Crippen LogP contribution >= 0.6 is 0 Å². The van der Waals surface area contributed by atoms with Gasteiger partial charge < -0.3 is 15.4 Å². The van der Waals surface area contributed by atoms with Crippen molar-refractivity contribution >= 4 is 11.8 Å². The summed E-state index contributed by atoms with van der Waals surface area (Å²) in [6.07, 6.45) is 0. The molecule has 0 heterocycles. The van der Waals surface area contributed by atoms with Gasteiger partial charge in [-0.25, -0.2) is 4.39 Å². The fraction of sp³-hybridized carbons (Fsp3) is 0.130. The number of methoxy groups -OCH3 is 1. The van der Waals surface area contributed by atoms with Crippen LogP contribution in [0, 0.1) is 5.82 Å². The summed E-state index contributed by atoms with van der Waals surface area (Å²) in [6.45, 7) is -0.154. The Balaban J connectivity index is 2.08. The van der Waals surface area contributed by atoms with Crippen LogP contribution in [0.5, 0.6) is 5.75 Å². The first kappa shape index (κ1) is 20.1. The van der Waals surface area contributed by atoms with Crippen molar-refractivity contribution < 1.29 is 18.7 Å². The molecule has 2 N–H and O–H groups in total. The van der Waals surface area contributed by atoms with Gasteiger partial charge in [0.25, 0.3) is 5.91 Å². The lowest BCUT2D eigenvalue weighted by molar-refractivity contribution is -0.122. The molecule has 148 valence electrons. The second-order valence-corrected chi connectivity index (χ2v) is 6.47. The van der Waals surface area contributed by atoms with Crippen molar-refractivity contribution in [3.8, 4) is 5.75 Å². The molecule has 3 aromatic rings. The van der Waals surface area contributed by atoms with Crippen molar-refractivity contribution in [2.75, 3.05) is 7.11 Å². The Hall–Kier alpha value is -3.67. The molecule has 3 rings (SSSR count). The molecule has 1 atom stereocenters. The molecule has 0 saturated carbocycles. The molecule has 2 amide bonds. The molecule has 0 saturated heterocycles. The van der Waals surface area contributed by atoms with Gasteiger partial charge in [0.1, 0.15) is 17.6 Å². The number of halogens is 1. The lowest BCUT2D eigenvalue weighted by atomic mass is 10.0. The maximum absolute atomic E-state index is 14.5. The number of nitrogens with two attached hydrogens (primary N) is 1. The van der Waals surface area contributed by atoms with Crippen LogP contribution in [-0.4, -0.2) is 23.8 Å². The zero-order valence-corrected chi connectivity index (χ0v) is 15.9. The number of hydrogen-bond acceptors (Lipinski definition) is 3. The zero-order valence-electron chi connectivity index (χ0n) is 15.9. The molecule has 0 aliphatic rings. The summed E-state index contributed by atoms with van der Waals surface area (Å²) in [6, 6.07) is 20.4. The third-order valence-corrected chi connectivity index (χ3v) is 4.57. The lowest BCUT2D eigenvalue weighted by Crippen LogP contribution is -2.41. The monoisotopic (exact) mass is 392 g/mol. The number of nitrogens with zero attached hydrogens (tertiary/aromatic N) is 1. The van der Waals surface area contributed by atoms with E-state index < -0.39 is 23.7 Å². The number of rotatable bonds is 7. The number of amides is 2. The normalized spacial score (nSPS) is 11.5. The summed E-state index contributed by atoms with van der Waals surface area (Å²) in [5.41, 5.74) is 6.82. The number of ether oxygens (including phenoxy) is 1. The molecular weight excluding hydrogens is 371 g/mol. The molecule has 0 aliphatic heterocycles. The van der Waals surface area contributed by atoms with Crippen molar-refractivity contribution in [1.82, 2.24) is 4.90 Å². The summed E-state index contributed by atoms with van der Waals surface area (Å²) in [5, 5.41) is 0. The second-order valence-electron chi connectivity index (χ2n) is 6.47. The second kappa shape index (κ2) is 9.01. The molecule has 0 fully saturated rings. The highest BCUT2D eigenvalue weighted by Gasteiger charge is 2.31. The van der Waals surface area contributed by atoms with Gasteiger partial charge in [-0.3, -0.25) is 9.59 Å². The minimum absolute atomic E-state index is 0.154. The Morgan fingerprint density at radius 3 is 2.21 bits per heavy atom. The zero-order chi connectivity index (χ0) is 20.8. The van der Waals surface area contributed by atoms with Crippen molar-refractivity contribution in [2.24, 2.45) is 5.73 Å². The first-order chi connectivity index (χ1) is 14.0. The van der Waals surface area contributed by atoms with Crippen molar-refractivity contribution in [2.45, 2.75) is 12.6 Å². The molecule has 29 heavy (non-hydrogen) atoms. The number of primary amides is 1. The lowest BCUT2D eigenvalue weighted by Gasteiger charge is -2.30. The summed E-state index contributed by atoms with van der Waals surface area (Å²) in [7, 11) is 1.47. The molecular formula is C23H21FN2O3. The van der Waals surface area contributed by atoms with E-state index in [4.69, 9.17) is 10.5 Å². The third kappa shape index (κ3) is 4.60. The van der Waals surface area contributed by atoms with Crippen molar-refractivity contribution in [3.63, 3.8) is 0 Å². The summed E-state index contributed by atoms with van der Waals surface area (Å²) in [5.74, 6) is -1.19. The quantitative estimate of drug-likeness (QED) is 0.666.